The fourth-order valence-corrected chi connectivity index (χ4v) is 4.81. The summed E-state index contributed by atoms with van der Waals surface area (Å²) in [5, 5.41) is 2.77. The zero-order valence-corrected chi connectivity index (χ0v) is 17.8. The molecule has 2 aromatic rings. The zero-order chi connectivity index (χ0) is 21.6. The van der Waals surface area contributed by atoms with Crippen molar-refractivity contribution in [2.24, 2.45) is 0 Å². The maximum atomic E-state index is 13.0. The fraction of sp³-hybridized carbons (Fsp3) is 0.318. The number of hydrogen-bond donors (Lipinski definition) is 1. The van der Waals surface area contributed by atoms with E-state index in [2.05, 4.69) is 11.9 Å². The number of anilines is 1. The Morgan fingerprint density at radius 1 is 1.13 bits per heavy atom. The number of ether oxygens (including phenoxy) is 2. The van der Waals surface area contributed by atoms with E-state index in [0.29, 0.717) is 36.9 Å². The molecule has 1 saturated heterocycles. The van der Waals surface area contributed by atoms with Crippen molar-refractivity contribution in [2.75, 3.05) is 32.1 Å². The molecule has 3 rings (SSSR count). The van der Waals surface area contributed by atoms with Crippen LogP contribution in [-0.4, -0.2) is 45.4 Å². The summed E-state index contributed by atoms with van der Waals surface area (Å²) in [5.74, 6) is 0.499. The van der Waals surface area contributed by atoms with Crippen LogP contribution in [-0.2, 0) is 10.0 Å². The molecule has 7 nitrogen and oxygen atoms in total. The van der Waals surface area contributed by atoms with Crippen molar-refractivity contribution in [3.8, 4) is 11.5 Å². The topological polar surface area (TPSA) is 84.9 Å². The second kappa shape index (κ2) is 9.77. The van der Waals surface area contributed by atoms with Crippen molar-refractivity contribution < 1.29 is 22.7 Å². The number of piperidine rings is 1. The van der Waals surface area contributed by atoms with Crippen molar-refractivity contribution in [3.05, 3.63) is 60.7 Å². The number of rotatable bonds is 8. The van der Waals surface area contributed by atoms with Crippen LogP contribution in [0.3, 0.4) is 0 Å². The summed E-state index contributed by atoms with van der Waals surface area (Å²) in [6, 6.07) is 11.2. The first kappa shape index (κ1) is 21.9. The minimum atomic E-state index is -3.66. The van der Waals surface area contributed by atoms with Crippen LogP contribution in [0.1, 0.15) is 29.6 Å². The van der Waals surface area contributed by atoms with E-state index in [0.717, 1.165) is 19.3 Å². The highest BCUT2D eigenvalue weighted by molar-refractivity contribution is 7.89. The van der Waals surface area contributed by atoms with Gasteiger partial charge in [0.25, 0.3) is 5.91 Å². The average Bonchev–Trinajstić information content (AvgIpc) is 2.78. The lowest BCUT2D eigenvalue weighted by molar-refractivity contribution is 0.102. The molecule has 1 aliphatic rings. The van der Waals surface area contributed by atoms with Crippen LogP contribution in [0.4, 0.5) is 5.69 Å². The third kappa shape index (κ3) is 5.01. The first-order chi connectivity index (χ1) is 14.5. The molecule has 1 amide bonds. The first-order valence-electron chi connectivity index (χ1n) is 9.79. The second-order valence-corrected chi connectivity index (χ2v) is 8.84. The highest BCUT2D eigenvalue weighted by Gasteiger charge is 2.27. The van der Waals surface area contributed by atoms with Crippen LogP contribution in [0, 0.1) is 0 Å². The molecule has 1 fully saturated rings. The van der Waals surface area contributed by atoms with Gasteiger partial charge in [0.2, 0.25) is 10.0 Å². The van der Waals surface area contributed by atoms with E-state index < -0.39 is 15.9 Å². The number of methoxy groups -OCH3 is 1. The maximum absolute atomic E-state index is 13.0. The molecule has 0 aliphatic carbocycles. The number of amides is 1. The Hall–Kier alpha value is -2.84. The van der Waals surface area contributed by atoms with Gasteiger partial charge in [-0.15, -0.1) is 0 Å². The third-order valence-electron chi connectivity index (χ3n) is 4.85. The molecule has 0 unspecified atom stereocenters. The number of nitrogens with one attached hydrogen (secondary N) is 1. The standard InChI is InChI=1S/C22H26N2O5S/c1-3-15-29-18-9-7-17(8-10-18)23-22(25)20-16-19(11-12-21(20)28-2)30(26,27)24-13-5-4-6-14-24/h3,7-12,16H,1,4-6,13-15H2,2H3,(H,23,25). The molecule has 8 heteroatoms. The Balaban J connectivity index is 1.82. The van der Waals surface area contributed by atoms with Gasteiger partial charge in [0.05, 0.1) is 17.6 Å². The summed E-state index contributed by atoms with van der Waals surface area (Å²) in [5.41, 5.74) is 0.708. The monoisotopic (exact) mass is 430 g/mol. The smallest absolute Gasteiger partial charge is 0.259 e. The second-order valence-electron chi connectivity index (χ2n) is 6.91. The van der Waals surface area contributed by atoms with E-state index in [4.69, 9.17) is 9.47 Å². The van der Waals surface area contributed by atoms with Crippen molar-refractivity contribution in [1.29, 1.82) is 0 Å². The normalized spacial score (nSPS) is 14.7. The predicted molar refractivity (Wildman–Crippen MR) is 116 cm³/mol. The highest BCUT2D eigenvalue weighted by atomic mass is 32.2. The molecule has 0 atom stereocenters. The molecular formula is C22H26N2O5S. The molecule has 1 aliphatic heterocycles. The molecule has 0 radical (unpaired) electrons. The summed E-state index contributed by atoms with van der Waals surface area (Å²) in [4.78, 5) is 12.9. The van der Waals surface area contributed by atoms with E-state index in [9.17, 15) is 13.2 Å². The SMILES string of the molecule is C=CCOc1ccc(NC(=O)c2cc(S(=O)(=O)N3CCCCC3)ccc2OC)cc1. The van der Waals surface area contributed by atoms with Crippen molar-refractivity contribution in [3.63, 3.8) is 0 Å². The van der Waals surface area contributed by atoms with Crippen LogP contribution in [0.25, 0.3) is 0 Å². The number of hydrogen-bond acceptors (Lipinski definition) is 5. The van der Waals surface area contributed by atoms with Gasteiger partial charge in [0, 0.05) is 18.8 Å². The number of nitrogens with zero attached hydrogens (tertiary/aromatic N) is 1. The minimum absolute atomic E-state index is 0.0866. The number of benzene rings is 2. The molecule has 0 spiro atoms. The Morgan fingerprint density at radius 2 is 1.83 bits per heavy atom. The molecular weight excluding hydrogens is 404 g/mol. The van der Waals surface area contributed by atoms with Gasteiger partial charge in [0.1, 0.15) is 18.1 Å². The van der Waals surface area contributed by atoms with Crippen molar-refractivity contribution in [2.45, 2.75) is 24.2 Å². The summed E-state index contributed by atoms with van der Waals surface area (Å²) in [6.07, 6.45) is 4.36. The lowest BCUT2D eigenvalue weighted by atomic mass is 10.2. The zero-order valence-electron chi connectivity index (χ0n) is 17.0. The van der Waals surface area contributed by atoms with Crippen LogP contribution in [0.15, 0.2) is 60.0 Å². The lowest BCUT2D eigenvalue weighted by Gasteiger charge is -2.26. The van der Waals surface area contributed by atoms with Crippen LogP contribution in [0.2, 0.25) is 0 Å². The molecule has 0 aromatic heterocycles. The molecule has 30 heavy (non-hydrogen) atoms. The van der Waals surface area contributed by atoms with Crippen molar-refractivity contribution >= 4 is 21.6 Å². The van der Waals surface area contributed by atoms with E-state index in [1.165, 1.54) is 29.6 Å². The molecule has 160 valence electrons. The van der Waals surface area contributed by atoms with Crippen LogP contribution in [0.5, 0.6) is 11.5 Å². The average molecular weight is 431 g/mol. The van der Waals surface area contributed by atoms with E-state index >= 15 is 0 Å². The highest BCUT2D eigenvalue weighted by Crippen LogP contribution is 2.27. The Labute approximate surface area is 177 Å². The van der Waals surface area contributed by atoms with Crippen LogP contribution >= 0.6 is 0 Å². The maximum Gasteiger partial charge on any atom is 0.259 e. The molecule has 1 N–H and O–H groups in total. The van der Waals surface area contributed by atoms with Gasteiger partial charge in [-0.05, 0) is 55.3 Å². The Bertz CT molecular complexity index is 997. The Morgan fingerprint density at radius 3 is 2.47 bits per heavy atom. The van der Waals surface area contributed by atoms with Gasteiger partial charge in [0.15, 0.2) is 0 Å². The van der Waals surface area contributed by atoms with Crippen molar-refractivity contribution in [1.82, 2.24) is 4.31 Å². The molecule has 0 bridgehead atoms. The van der Waals surface area contributed by atoms with E-state index in [-0.39, 0.29) is 10.5 Å². The first-order valence-corrected chi connectivity index (χ1v) is 11.2. The molecule has 1 heterocycles. The lowest BCUT2D eigenvalue weighted by Crippen LogP contribution is -2.35. The quantitative estimate of drug-likeness (QED) is 0.646. The predicted octanol–water partition coefficient (Wildman–Crippen LogP) is 3.69. The van der Waals surface area contributed by atoms with Gasteiger partial charge >= 0.3 is 0 Å². The fourth-order valence-electron chi connectivity index (χ4n) is 3.27. The van der Waals surface area contributed by atoms with Gasteiger partial charge in [-0.1, -0.05) is 19.1 Å². The molecule has 0 saturated carbocycles. The summed E-state index contributed by atoms with van der Waals surface area (Å²) < 4.78 is 38.1. The van der Waals surface area contributed by atoms with Crippen LogP contribution < -0.4 is 14.8 Å². The Kier molecular flexibility index (Phi) is 7.12. The van der Waals surface area contributed by atoms with Gasteiger partial charge in [-0.2, -0.15) is 4.31 Å². The van der Waals surface area contributed by atoms with Gasteiger partial charge < -0.3 is 14.8 Å². The van der Waals surface area contributed by atoms with Gasteiger partial charge in [-0.25, -0.2) is 8.42 Å². The number of sulfonamides is 1. The summed E-state index contributed by atoms with van der Waals surface area (Å²) in [6.45, 7) is 4.98. The largest absolute Gasteiger partial charge is 0.496 e. The minimum Gasteiger partial charge on any atom is -0.496 e. The third-order valence-corrected chi connectivity index (χ3v) is 6.74. The van der Waals surface area contributed by atoms with E-state index in [1.54, 1.807) is 30.3 Å². The van der Waals surface area contributed by atoms with E-state index in [1.807, 2.05) is 0 Å². The summed E-state index contributed by atoms with van der Waals surface area (Å²) in [7, 11) is -2.22. The van der Waals surface area contributed by atoms with Gasteiger partial charge in [-0.3, -0.25) is 4.79 Å². The summed E-state index contributed by atoms with van der Waals surface area (Å²) >= 11 is 0. The number of carbonyl (C=O) groups is 1. The number of carbonyl (C=O) groups excluding carboxylic acids is 1. The molecule has 2 aromatic carbocycles.